The smallest absolute Gasteiger partial charge is 0.0184 e. The molecule has 0 amide bonds. The van der Waals surface area contributed by atoms with Crippen molar-refractivity contribution in [3.05, 3.63) is 315 Å². The molecule has 0 fully saturated rings. The molecule has 0 heterocycles. The zero-order valence-electron chi connectivity index (χ0n) is 55.0. The highest BCUT2D eigenvalue weighted by Gasteiger charge is 1.93. The van der Waals surface area contributed by atoms with Crippen LogP contribution in [-0.2, 0) is 0 Å². The molecule has 0 N–H and O–H groups in total. The van der Waals surface area contributed by atoms with E-state index in [1.165, 1.54) is 33.0 Å². The van der Waals surface area contributed by atoms with Gasteiger partial charge in [-0.05, 0) is 33.0 Å². The molecule has 438 valence electrons. The summed E-state index contributed by atoms with van der Waals surface area (Å²) in [6, 6.07) is 106. The summed E-state index contributed by atoms with van der Waals surface area (Å²) in [7, 11) is 0. The Balaban J connectivity index is -0.000000121. The lowest BCUT2D eigenvalue weighted by atomic mass is 10.1. The Morgan fingerprint density at radius 2 is 0.175 bits per heavy atom. The average molecular weight is 1080 g/mol. The molecule has 0 radical (unpaired) electrons. The lowest BCUT2D eigenvalue weighted by Crippen LogP contribution is -1.73. The van der Waals surface area contributed by atoms with E-state index in [2.05, 4.69) is 146 Å². The van der Waals surface area contributed by atoms with E-state index in [4.69, 9.17) is 0 Å². The van der Waals surface area contributed by atoms with Crippen molar-refractivity contribution in [1.82, 2.24) is 0 Å². The molecule has 0 unspecified atom stereocenters. The molecule has 0 saturated carbocycles. The highest BCUT2D eigenvalue weighted by molar-refractivity contribution is 5.82. The molecule has 0 atom stereocenters. The monoisotopic (exact) mass is 1080 g/mol. The van der Waals surface area contributed by atoms with Gasteiger partial charge in [0.05, 0.1) is 0 Å². The van der Waals surface area contributed by atoms with Gasteiger partial charge in [-0.2, -0.15) is 0 Å². The maximum atomic E-state index is 2.12. The van der Waals surface area contributed by atoms with E-state index in [9.17, 15) is 0 Å². The van der Waals surface area contributed by atoms with Gasteiger partial charge in [-0.15, -0.1) is 0 Å². The van der Waals surface area contributed by atoms with E-state index in [1.807, 2.05) is 322 Å². The lowest BCUT2D eigenvalue weighted by molar-refractivity contribution is 1.50. The van der Waals surface area contributed by atoms with Crippen LogP contribution in [0.15, 0.2) is 315 Å². The Morgan fingerprint density at radius 1 is 0.100 bits per heavy atom. The minimum Gasteiger partial charge on any atom is -0.0683 e. The van der Waals surface area contributed by atoms with E-state index >= 15 is 0 Å². The summed E-state index contributed by atoms with van der Waals surface area (Å²) < 4.78 is 0. The van der Waals surface area contributed by atoms with Crippen molar-refractivity contribution in [2.75, 3.05) is 0 Å². The van der Waals surface area contributed by atoms with Crippen molar-refractivity contribution < 1.29 is 0 Å². The molecular formula is C80H118. The Bertz CT molecular complexity index is 1880. The predicted molar refractivity (Wildman–Crippen MR) is 378 cm³/mol. The number of fused-ring (bicyclic) bond motifs is 1. The molecule has 0 heteroatoms. The first-order valence-corrected chi connectivity index (χ1v) is 30.5. The molecule has 0 saturated heterocycles. The van der Waals surface area contributed by atoms with Gasteiger partial charge in [-0.25, -0.2) is 0 Å². The van der Waals surface area contributed by atoms with E-state index in [0.717, 1.165) is 0 Å². The molecule has 80 heavy (non-hydrogen) atoms. The van der Waals surface area contributed by atoms with Crippen LogP contribution in [0.25, 0.3) is 33.0 Å². The Labute approximate surface area is 498 Å². The zero-order chi connectivity index (χ0) is 62.2. The van der Waals surface area contributed by atoms with E-state index < -0.39 is 0 Å². The molecule has 0 spiro atoms. The van der Waals surface area contributed by atoms with Crippen LogP contribution in [0, 0.1) is 0 Å². The first kappa shape index (κ1) is 89.1. The lowest BCUT2D eigenvalue weighted by Gasteiger charge is -1.98. The first-order valence-electron chi connectivity index (χ1n) is 30.5. The van der Waals surface area contributed by atoms with Crippen LogP contribution in [0.1, 0.15) is 152 Å². The van der Waals surface area contributed by atoms with Crippen LogP contribution < -0.4 is 0 Å². The van der Waals surface area contributed by atoms with Crippen molar-refractivity contribution in [1.29, 1.82) is 0 Å². The van der Waals surface area contributed by atoms with Gasteiger partial charge >= 0.3 is 0 Å². The summed E-state index contributed by atoms with van der Waals surface area (Å²) in [5.41, 5.74) is 5.10. The van der Waals surface area contributed by atoms with Crippen molar-refractivity contribution in [3.8, 4) is 22.3 Å². The third-order valence-corrected chi connectivity index (χ3v) is 8.09. The SMILES string of the molecule is CC.CC.CC.CC.CC.CC.CC.CC.CC.CC.CC.c1ccc(-c2ccccc2)cc1.c1ccc(-c2ccccc2)cc1.c1ccc2ccccc2c1.c1ccccc1.c1ccccc1.c1ccccc1.c1ccccc1. The number of hydrogen-bond donors (Lipinski definition) is 0. The fraction of sp³-hybridized carbons (Fsp3) is 0.275. The summed E-state index contributed by atoms with van der Waals surface area (Å²) in [6.07, 6.45) is 0. The maximum Gasteiger partial charge on any atom is -0.0184 e. The number of hydrogen-bond acceptors (Lipinski definition) is 0. The summed E-state index contributed by atoms with van der Waals surface area (Å²) >= 11 is 0. The van der Waals surface area contributed by atoms with Gasteiger partial charge in [0.1, 0.15) is 0 Å². The van der Waals surface area contributed by atoms with E-state index in [1.54, 1.807) is 0 Å². The standard InChI is InChI=1S/2C12H10.C10H8.4C6H6.11C2H6/c2*1-3-7-11(8-4-1)12-9-5-2-6-10-12;1-2-6-10-8-4-3-7-9(10)5-1;4*1-2-4-6-5-3-1;11*1-2/h2*1-10H;1-8H;4*1-6H;11*1-2H3. The fourth-order valence-corrected chi connectivity index (χ4v) is 5.19. The van der Waals surface area contributed by atoms with Gasteiger partial charge in [0.25, 0.3) is 0 Å². The number of benzene rings is 10. The van der Waals surface area contributed by atoms with Gasteiger partial charge in [0.15, 0.2) is 0 Å². The molecule has 10 aromatic carbocycles. The highest BCUT2D eigenvalue weighted by atomic mass is 14.0. The normalized spacial score (nSPS) is 7.38. The van der Waals surface area contributed by atoms with Crippen molar-refractivity contribution >= 4 is 10.8 Å². The van der Waals surface area contributed by atoms with Gasteiger partial charge in [-0.3, -0.25) is 0 Å². The van der Waals surface area contributed by atoms with Gasteiger partial charge in [0.2, 0.25) is 0 Å². The van der Waals surface area contributed by atoms with E-state index in [0.29, 0.717) is 0 Å². The largest absolute Gasteiger partial charge is 0.0683 e. The van der Waals surface area contributed by atoms with Gasteiger partial charge in [-0.1, -0.05) is 468 Å². The number of rotatable bonds is 2. The summed E-state index contributed by atoms with van der Waals surface area (Å²) in [5.74, 6) is 0. The zero-order valence-corrected chi connectivity index (χ0v) is 55.0. The molecule has 0 aliphatic carbocycles. The highest BCUT2D eigenvalue weighted by Crippen LogP contribution is 2.18. The van der Waals surface area contributed by atoms with Crippen LogP contribution in [0.2, 0.25) is 0 Å². The average Bonchev–Trinajstić information content (AvgIpc) is 3.63. The first-order chi connectivity index (χ1) is 39.9. The molecule has 0 aliphatic rings. The third-order valence-electron chi connectivity index (χ3n) is 8.09. The minimum atomic E-state index is 1.28. The summed E-state index contributed by atoms with van der Waals surface area (Å²) in [5, 5.41) is 2.62. The summed E-state index contributed by atoms with van der Waals surface area (Å²) in [4.78, 5) is 0. The Kier molecular flexibility index (Phi) is 101. The fourth-order valence-electron chi connectivity index (χ4n) is 5.19. The third kappa shape index (κ3) is 61.3. The van der Waals surface area contributed by atoms with Crippen LogP contribution in [0.4, 0.5) is 0 Å². The molecule has 0 bridgehead atoms. The van der Waals surface area contributed by atoms with Crippen LogP contribution >= 0.6 is 0 Å². The van der Waals surface area contributed by atoms with Crippen LogP contribution in [-0.4, -0.2) is 0 Å². The van der Waals surface area contributed by atoms with Gasteiger partial charge < -0.3 is 0 Å². The maximum absolute atomic E-state index is 2.12. The molecular weight excluding hydrogens is 961 g/mol. The minimum absolute atomic E-state index is 1.28. The van der Waals surface area contributed by atoms with E-state index in [-0.39, 0.29) is 0 Å². The quantitative estimate of drug-likeness (QED) is 0.162. The second kappa shape index (κ2) is 90.9. The molecule has 10 rings (SSSR count). The van der Waals surface area contributed by atoms with Crippen LogP contribution in [0.3, 0.4) is 0 Å². The van der Waals surface area contributed by atoms with Crippen molar-refractivity contribution in [3.63, 3.8) is 0 Å². The Hall–Kier alpha value is -7.54. The van der Waals surface area contributed by atoms with Gasteiger partial charge in [0, 0.05) is 0 Å². The van der Waals surface area contributed by atoms with Crippen molar-refractivity contribution in [2.45, 2.75) is 152 Å². The molecule has 0 aliphatic heterocycles. The van der Waals surface area contributed by atoms with Crippen molar-refractivity contribution in [2.24, 2.45) is 0 Å². The second-order valence-corrected chi connectivity index (χ2v) is 12.4. The molecule has 0 aromatic heterocycles. The summed E-state index contributed by atoms with van der Waals surface area (Å²) in [6.45, 7) is 44.0. The second-order valence-electron chi connectivity index (χ2n) is 12.4. The topological polar surface area (TPSA) is 0 Å². The van der Waals surface area contributed by atoms with Crippen LogP contribution in [0.5, 0.6) is 0 Å². The predicted octanol–water partition coefficient (Wildman–Crippen LogP) is 27.6. The molecule has 10 aromatic rings. The molecule has 0 nitrogen and oxygen atoms in total. The Morgan fingerprint density at radius 3 is 0.275 bits per heavy atom.